The number of amides is 1. The summed E-state index contributed by atoms with van der Waals surface area (Å²) in [6, 6.07) is 9.07. The number of carbonyl (C=O) groups is 2. The molecule has 2 aromatic rings. The summed E-state index contributed by atoms with van der Waals surface area (Å²) in [5.74, 6) is -1.31. The van der Waals surface area contributed by atoms with Gasteiger partial charge in [-0.25, -0.2) is 4.98 Å². The highest BCUT2D eigenvalue weighted by Crippen LogP contribution is 2.35. The zero-order valence-corrected chi connectivity index (χ0v) is 15.2. The lowest BCUT2D eigenvalue weighted by atomic mass is 9.87. The van der Waals surface area contributed by atoms with Crippen molar-refractivity contribution in [2.45, 2.75) is 26.7 Å². The highest BCUT2D eigenvalue weighted by molar-refractivity contribution is 7.16. The monoisotopic (exact) mass is 377 g/mol. The number of carbonyl (C=O) groups excluding carboxylic acids is 1. The van der Waals surface area contributed by atoms with E-state index in [1.165, 1.54) is 0 Å². The fourth-order valence-electron chi connectivity index (χ4n) is 2.08. The number of thiazole rings is 1. The molecule has 0 atom stereocenters. The predicted octanol–water partition coefficient (Wildman–Crippen LogP) is 4.16. The van der Waals surface area contributed by atoms with Crippen LogP contribution in [-0.2, 0) is 9.59 Å². The van der Waals surface area contributed by atoms with Gasteiger partial charge in [0.05, 0.1) is 5.02 Å². The Morgan fingerprint density at radius 1 is 1.40 bits per heavy atom. The van der Waals surface area contributed by atoms with Crippen molar-refractivity contribution in [3.63, 3.8) is 0 Å². The van der Waals surface area contributed by atoms with E-state index in [1.807, 2.05) is 0 Å². The third kappa shape index (κ3) is 4.56. The van der Waals surface area contributed by atoms with Crippen LogP contribution in [0.3, 0.4) is 0 Å². The van der Waals surface area contributed by atoms with Crippen LogP contribution in [0.25, 0.3) is 11.3 Å². The van der Waals surface area contributed by atoms with Crippen molar-refractivity contribution in [1.29, 1.82) is 5.26 Å². The van der Waals surface area contributed by atoms with Crippen molar-refractivity contribution < 1.29 is 14.7 Å². The van der Waals surface area contributed by atoms with Gasteiger partial charge in [-0.05, 0) is 12.5 Å². The first-order valence-electron chi connectivity index (χ1n) is 7.43. The van der Waals surface area contributed by atoms with E-state index < -0.39 is 11.4 Å². The Kier molecular flexibility index (Phi) is 5.77. The minimum Gasteiger partial charge on any atom is -0.481 e. The second-order valence-corrected chi connectivity index (χ2v) is 7.43. The van der Waals surface area contributed by atoms with Crippen LogP contribution in [0.2, 0.25) is 5.02 Å². The van der Waals surface area contributed by atoms with Crippen molar-refractivity contribution in [2.75, 3.05) is 5.32 Å². The van der Waals surface area contributed by atoms with E-state index in [1.54, 1.807) is 38.1 Å². The van der Waals surface area contributed by atoms with Gasteiger partial charge in [0.15, 0.2) is 5.13 Å². The lowest BCUT2D eigenvalue weighted by molar-refractivity contribution is -0.138. The third-order valence-corrected chi connectivity index (χ3v) is 4.86. The van der Waals surface area contributed by atoms with Crippen molar-refractivity contribution >= 4 is 39.9 Å². The first-order valence-corrected chi connectivity index (χ1v) is 8.63. The Bertz CT molecular complexity index is 855. The molecule has 0 saturated heterocycles. The number of aromatic nitrogens is 1. The summed E-state index contributed by atoms with van der Waals surface area (Å²) in [7, 11) is 0. The predicted molar refractivity (Wildman–Crippen MR) is 96.6 cm³/mol. The van der Waals surface area contributed by atoms with E-state index in [2.05, 4.69) is 16.4 Å². The normalized spacial score (nSPS) is 11.0. The summed E-state index contributed by atoms with van der Waals surface area (Å²) in [5, 5.41) is 21.5. The molecule has 2 N–H and O–H groups in total. The quantitative estimate of drug-likeness (QED) is 0.786. The Hall–Kier alpha value is -2.43. The number of benzene rings is 1. The molecule has 8 heteroatoms. The smallest absolute Gasteiger partial charge is 0.303 e. The van der Waals surface area contributed by atoms with Crippen LogP contribution in [0.5, 0.6) is 0 Å². The molecule has 1 aromatic carbocycles. The largest absolute Gasteiger partial charge is 0.481 e. The summed E-state index contributed by atoms with van der Waals surface area (Å²) in [4.78, 5) is 27.8. The van der Waals surface area contributed by atoms with E-state index >= 15 is 0 Å². The Labute approximate surface area is 154 Å². The minimum absolute atomic E-state index is 0.105. The van der Waals surface area contributed by atoms with Gasteiger partial charge in [0.1, 0.15) is 16.6 Å². The van der Waals surface area contributed by atoms with Gasteiger partial charge in [-0.2, -0.15) is 5.26 Å². The zero-order chi connectivity index (χ0) is 18.6. The second-order valence-electron chi connectivity index (χ2n) is 6.02. The molecule has 0 bridgehead atoms. The molecule has 0 aliphatic carbocycles. The van der Waals surface area contributed by atoms with Gasteiger partial charge in [0.25, 0.3) is 0 Å². The molecule has 130 valence electrons. The average Bonchev–Trinajstić information content (AvgIpc) is 2.96. The first-order chi connectivity index (χ1) is 11.7. The van der Waals surface area contributed by atoms with Crippen LogP contribution in [0.4, 0.5) is 5.13 Å². The highest BCUT2D eigenvalue weighted by atomic mass is 35.5. The van der Waals surface area contributed by atoms with Crippen LogP contribution in [-0.4, -0.2) is 22.0 Å². The van der Waals surface area contributed by atoms with Gasteiger partial charge in [-0.1, -0.05) is 55.0 Å². The van der Waals surface area contributed by atoms with Crippen molar-refractivity contribution in [3.8, 4) is 17.3 Å². The number of carboxylic acid groups (broad SMARTS) is 1. The van der Waals surface area contributed by atoms with Crippen LogP contribution in [0.15, 0.2) is 24.3 Å². The Balaban J connectivity index is 2.25. The maximum absolute atomic E-state index is 12.4. The van der Waals surface area contributed by atoms with Gasteiger partial charge >= 0.3 is 5.97 Å². The van der Waals surface area contributed by atoms with Gasteiger partial charge in [0, 0.05) is 17.4 Å². The molecule has 0 saturated carbocycles. The summed E-state index contributed by atoms with van der Waals surface area (Å²) >= 11 is 7.21. The number of aliphatic carboxylic acids is 1. The fraction of sp³-hybridized carbons (Fsp3) is 0.294. The SMILES string of the molecule is CC(C)(CCC(=O)O)C(=O)Nc1nc(-c2ccccc2Cl)c(C#N)s1. The molecule has 0 radical (unpaired) electrons. The lowest BCUT2D eigenvalue weighted by Gasteiger charge is -2.21. The van der Waals surface area contributed by atoms with E-state index in [0.29, 0.717) is 21.2 Å². The molecule has 0 aliphatic heterocycles. The number of rotatable bonds is 6. The lowest BCUT2D eigenvalue weighted by Crippen LogP contribution is -2.31. The molecule has 0 aliphatic rings. The van der Waals surface area contributed by atoms with Crippen molar-refractivity contribution in [2.24, 2.45) is 5.41 Å². The third-order valence-electron chi connectivity index (χ3n) is 3.66. The number of anilines is 1. The molecule has 2 rings (SSSR count). The summed E-state index contributed by atoms with van der Waals surface area (Å²) < 4.78 is 0. The number of halogens is 1. The number of nitrogens with one attached hydrogen (secondary N) is 1. The maximum atomic E-state index is 12.4. The number of nitriles is 1. The number of hydrogen-bond acceptors (Lipinski definition) is 5. The Morgan fingerprint density at radius 2 is 2.08 bits per heavy atom. The van der Waals surface area contributed by atoms with Crippen LogP contribution in [0, 0.1) is 16.7 Å². The van der Waals surface area contributed by atoms with Gasteiger partial charge in [0.2, 0.25) is 5.91 Å². The van der Waals surface area contributed by atoms with Gasteiger partial charge in [-0.15, -0.1) is 0 Å². The summed E-state index contributed by atoms with van der Waals surface area (Å²) in [6.45, 7) is 3.33. The van der Waals surface area contributed by atoms with Crippen molar-refractivity contribution in [3.05, 3.63) is 34.2 Å². The number of nitrogens with zero attached hydrogens (tertiary/aromatic N) is 2. The maximum Gasteiger partial charge on any atom is 0.303 e. The zero-order valence-electron chi connectivity index (χ0n) is 13.7. The van der Waals surface area contributed by atoms with Crippen LogP contribution in [0.1, 0.15) is 31.6 Å². The highest BCUT2D eigenvalue weighted by Gasteiger charge is 2.29. The van der Waals surface area contributed by atoms with Crippen LogP contribution >= 0.6 is 22.9 Å². The van der Waals surface area contributed by atoms with E-state index in [4.69, 9.17) is 16.7 Å². The average molecular weight is 378 g/mol. The standard InChI is InChI=1S/C17H16ClN3O3S/c1-17(2,8-7-13(22)23)15(24)21-16-20-14(12(9-19)25-16)10-5-3-4-6-11(10)18/h3-6H,7-8H2,1-2H3,(H,22,23)(H,20,21,24). The molecule has 1 amide bonds. The molecule has 1 heterocycles. The number of hydrogen-bond donors (Lipinski definition) is 2. The molecule has 1 aromatic heterocycles. The fourth-order valence-corrected chi connectivity index (χ4v) is 3.08. The molecule has 0 spiro atoms. The van der Waals surface area contributed by atoms with Gasteiger partial charge in [-0.3, -0.25) is 9.59 Å². The minimum atomic E-state index is -0.956. The van der Waals surface area contributed by atoms with Crippen molar-refractivity contribution in [1.82, 2.24) is 4.98 Å². The van der Waals surface area contributed by atoms with E-state index in [9.17, 15) is 14.9 Å². The topological polar surface area (TPSA) is 103 Å². The molecular formula is C17H16ClN3O3S. The summed E-state index contributed by atoms with van der Waals surface area (Å²) in [5.41, 5.74) is 0.154. The first kappa shape index (κ1) is 18.9. The molecule has 25 heavy (non-hydrogen) atoms. The Morgan fingerprint density at radius 3 is 2.68 bits per heavy atom. The second kappa shape index (κ2) is 7.64. The number of carboxylic acids is 1. The van der Waals surface area contributed by atoms with Gasteiger partial charge < -0.3 is 10.4 Å². The van der Waals surface area contributed by atoms with E-state index in [0.717, 1.165) is 11.3 Å². The van der Waals surface area contributed by atoms with E-state index in [-0.39, 0.29) is 23.9 Å². The van der Waals surface area contributed by atoms with Crippen LogP contribution < -0.4 is 5.32 Å². The molecule has 6 nitrogen and oxygen atoms in total. The molecular weight excluding hydrogens is 362 g/mol. The molecule has 0 fully saturated rings. The summed E-state index contributed by atoms with van der Waals surface area (Å²) in [6.07, 6.45) is 0.0919. The molecule has 0 unspecified atom stereocenters.